The molecule has 0 aliphatic carbocycles. The summed E-state index contributed by atoms with van der Waals surface area (Å²) in [7, 11) is 1.15. The van der Waals surface area contributed by atoms with Crippen molar-refractivity contribution in [1.82, 2.24) is 0 Å². The van der Waals surface area contributed by atoms with E-state index in [9.17, 15) is 19.0 Å². The summed E-state index contributed by atoms with van der Waals surface area (Å²) in [4.78, 5) is 38.2. The number of hydrogen-bond donors (Lipinski definition) is 0. The number of rotatable bonds is 72. The number of phosphoric ester groups is 1. The van der Waals surface area contributed by atoms with Gasteiger partial charge in [0.25, 0.3) is 7.82 Å². The van der Waals surface area contributed by atoms with Crippen molar-refractivity contribution >= 4 is 19.8 Å². The molecule has 0 N–H and O–H groups in total. The van der Waals surface area contributed by atoms with E-state index in [0.29, 0.717) is 17.4 Å². The number of quaternary nitrogens is 1. The largest absolute Gasteiger partial charge is 0.756 e. The van der Waals surface area contributed by atoms with Crippen LogP contribution in [0.25, 0.3) is 0 Å². The molecule has 0 bridgehead atoms. The zero-order valence-electron chi connectivity index (χ0n) is 63.7. The molecule has 0 amide bonds. The van der Waals surface area contributed by atoms with E-state index in [1.165, 1.54) is 154 Å². The second-order valence-electron chi connectivity index (χ2n) is 27.3. The summed E-state index contributed by atoms with van der Waals surface area (Å²) < 4.78 is 34.4. The number of ether oxygens (including phenoxy) is 2. The van der Waals surface area contributed by atoms with Crippen LogP contribution in [-0.4, -0.2) is 70.0 Å². The third-order valence-corrected chi connectivity index (χ3v) is 17.7. The summed E-state index contributed by atoms with van der Waals surface area (Å²) in [6.07, 6.45) is 116. The summed E-state index contributed by atoms with van der Waals surface area (Å²) >= 11 is 0. The van der Waals surface area contributed by atoms with Crippen molar-refractivity contribution in [3.05, 3.63) is 170 Å². The molecule has 2 atom stereocenters. The van der Waals surface area contributed by atoms with Crippen LogP contribution in [0.3, 0.4) is 0 Å². The molecule has 0 heterocycles. The minimum atomic E-state index is -4.66. The maximum atomic E-state index is 12.9. The van der Waals surface area contributed by atoms with E-state index in [4.69, 9.17) is 18.5 Å². The van der Waals surface area contributed by atoms with Crippen LogP contribution in [0, 0.1) is 0 Å². The van der Waals surface area contributed by atoms with E-state index in [1.807, 2.05) is 21.1 Å². The number of nitrogens with zero attached hydrogens (tertiary/aromatic N) is 1. The van der Waals surface area contributed by atoms with Crippen molar-refractivity contribution in [2.45, 2.75) is 328 Å². The molecule has 0 saturated carbocycles. The first-order valence-electron chi connectivity index (χ1n) is 39.8. The molecular weight excluding hydrogens is 1230 g/mol. The van der Waals surface area contributed by atoms with E-state index in [1.54, 1.807) is 0 Å². The van der Waals surface area contributed by atoms with Crippen molar-refractivity contribution < 1.29 is 42.1 Å². The number of unbranched alkanes of at least 4 members (excludes halogenated alkanes) is 30. The lowest BCUT2D eigenvalue weighted by Gasteiger charge is -2.28. The summed E-state index contributed by atoms with van der Waals surface area (Å²) in [5.41, 5.74) is 0. The molecule has 0 spiro atoms. The number of carbonyl (C=O) groups excluding carboxylic acids is 2. The highest BCUT2D eigenvalue weighted by Gasteiger charge is 2.22. The maximum Gasteiger partial charge on any atom is 0.306 e. The average Bonchev–Trinajstić information content (AvgIpc) is 1.08. The molecule has 0 radical (unpaired) electrons. The molecule has 10 heteroatoms. The van der Waals surface area contributed by atoms with Crippen LogP contribution in [0.1, 0.15) is 322 Å². The van der Waals surface area contributed by atoms with Gasteiger partial charge in [0.1, 0.15) is 19.8 Å². The molecule has 0 aromatic rings. The molecular formula is C88H148NO8P. The minimum absolute atomic E-state index is 0.0387. The lowest BCUT2D eigenvalue weighted by atomic mass is 10.0. The molecule has 0 aliphatic heterocycles. The Hall–Kier alpha value is -4.63. The van der Waals surface area contributed by atoms with Crippen molar-refractivity contribution in [3.63, 3.8) is 0 Å². The average molecular weight is 1380 g/mol. The highest BCUT2D eigenvalue weighted by molar-refractivity contribution is 7.45. The SMILES string of the molecule is CC/C=C\C/C=C\C/C=C\C/C=C\C/C=C\C/C=C\C/C=C\C/C=C\CCCCCCCCCCC(=O)OC(COC(=O)CCCCCCCCCCCCCCCCCCCCCCCC/C=C\C/C=C\C/C=C\C/C=C\C/C=C\C/C=C\CC)COP(=O)([O-])OCC[N+](C)(C)C. The summed E-state index contributed by atoms with van der Waals surface area (Å²) in [5, 5.41) is 0. The first-order valence-corrected chi connectivity index (χ1v) is 41.3. The van der Waals surface area contributed by atoms with Crippen molar-refractivity contribution in [3.8, 4) is 0 Å². The van der Waals surface area contributed by atoms with Crippen LogP contribution in [0.15, 0.2) is 170 Å². The molecule has 2 unspecified atom stereocenters. The van der Waals surface area contributed by atoms with Gasteiger partial charge < -0.3 is 27.9 Å². The smallest absolute Gasteiger partial charge is 0.306 e. The fraction of sp³-hybridized carbons (Fsp3) is 0.659. The second-order valence-corrected chi connectivity index (χ2v) is 28.7. The normalized spacial score (nSPS) is 14.0. The molecule has 0 aromatic heterocycles. The van der Waals surface area contributed by atoms with Crippen LogP contribution in [-0.2, 0) is 32.7 Å². The van der Waals surface area contributed by atoms with Gasteiger partial charge in [-0.25, -0.2) is 0 Å². The molecule has 9 nitrogen and oxygen atoms in total. The van der Waals surface area contributed by atoms with Gasteiger partial charge in [0, 0.05) is 12.8 Å². The van der Waals surface area contributed by atoms with Gasteiger partial charge >= 0.3 is 11.9 Å². The van der Waals surface area contributed by atoms with Crippen LogP contribution in [0.4, 0.5) is 0 Å². The Morgan fingerprint density at radius 3 is 0.816 bits per heavy atom. The van der Waals surface area contributed by atoms with Crippen LogP contribution < -0.4 is 4.89 Å². The zero-order chi connectivity index (χ0) is 71.1. The van der Waals surface area contributed by atoms with E-state index >= 15 is 0 Å². The molecule has 0 rings (SSSR count). The first-order chi connectivity index (χ1) is 48.0. The third-order valence-electron chi connectivity index (χ3n) is 16.7. The standard InChI is InChI=1S/C88H148NO8P/c1-6-8-10-12-14-16-18-20-22-24-26-28-30-32-34-36-38-40-41-42-43-44-45-46-47-49-50-52-54-56-58-60-62-64-66-68-70-72-74-76-78-80-87(90)94-84-86(85-96-98(92,93)95-83-82-89(3,4)5)97-88(91)81-79-77-75-73-71-69-67-65-63-61-59-57-55-53-51-48-39-37-35-33-31-29-27-25-23-21-19-17-15-13-11-9-7-2/h8-11,14-17,20-23,26-29,32-35,38-40,48,53,55,59,61,86H,6-7,12-13,18-19,24-25,30-31,36-37,41-47,49-52,54,56-58,60,62-85H2,1-5H3/b10-8-,11-9-,16-14-,17-15-,22-20-,23-21-,28-26-,29-27-,34-32-,35-33-,40-38-,48-39-,55-53-,61-59-. The lowest BCUT2D eigenvalue weighted by molar-refractivity contribution is -0.870. The Kier molecular flexibility index (Phi) is 72.9. The molecule has 0 aromatic carbocycles. The van der Waals surface area contributed by atoms with Gasteiger partial charge in [-0.05, 0) is 128 Å². The van der Waals surface area contributed by atoms with Gasteiger partial charge in [-0.15, -0.1) is 0 Å². The van der Waals surface area contributed by atoms with Gasteiger partial charge in [0.15, 0.2) is 6.10 Å². The number of esters is 2. The van der Waals surface area contributed by atoms with Crippen LogP contribution in [0.5, 0.6) is 0 Å². The Bertz CT molecular complexity index is 2270. The molecule has 558 valence electrons. The minimum Gasteiger partial charge on any atom is -0.756 e. The quantitative estimate of drug-likeness (QED) is 0.0195. The van der Waals surface area contributed by atoms with Crippen molar-refractivity contribution in [1.29, 1.82) is 0 Å². The highest BCUT2D eigenvalue weighted by atomic mass is 31.2. The summed E-state index contributed by atoms with van der Waals surface area (Å²) in [6, 6.07) is 0. The predicted octanol–water partition coefficient (Wildman–Crippen LogP) is 26.2. The Morgan fingerprint density at radius 1 is 0.316 bits per heavy atom. The van der Waals surface area contributed by atoms with Crippen molar-refractivity contribution in [2.24, 2.45) is 0 Å². The fourth-order valence-corrected chi connectivity index (χ4v) is 11.5. The van der Waals surface area contributed by atoms with Gasteiger partial charge in [-0.1, -0.05) is 351 Å². The molecule has 98 heavy (non-hydrogen) atoms. The van der Waals surface area contributed by atoms with Gasteiger partial charge in [-0.2, -0.15) is 0 Å². The zero-order valence-corrected chi connectivity index (χ0v) is 64.6. The van der Waals surface area contributed by atoms with Crippen LogP contribution in [0.2, 0.25) is 0 Å². The first kappa shape index (κ1) is 93.4. The number of carbonyl (C=O) groups is 2. The van der Waals surface area contributed by atoms with Gasteiger partial charge in [0.05, 0.1) is 27.7 Å². The third kappa shape index (κ3) is 80.3. The second kappa shape index (κ2) is 76.5. The van der Waals surface area contributed by atoms with Gasteiger partial charge in [0.2, 0.25) is 0 Å². The van der Waals surface area contributed by atoms with E-state index in [-0.39, 0.29) is 32.0 Å². The maximum absolute atomic E-state index is 12.9. The summed E-state index contributed by atoms with van der Waals surface area (Å²) in [6.45, 7) is 4.01. The Labute approximate surface area is 604 Å². The highest BCUT2D eigenvalue weighted by Crippen LogP contribution is 2.38. The monoisotopic (exact) mass is 1380 g/mol. The number of allylic oxidation sites excluding steroid dienone is 28. The topological polar surface area (TPSA) is 111 Å². The van der Waals surface area contributed by atoms with Gasteiger partial charge in [-0.3, -0.25) is 14.2 Å². The molecule has 0 fully saturated rings. The number of phosphoric acid groups is 1. The van der Waals surface area contributed by atoms with Crippen LogP contribution >= 0.6 is 7.82 Å². The van der Waals surface area contributed by atoms with Crippen molar-refractivity contribution in [2.75, 3.05) is 47.5 Å². The molecule has 0 saturated heterocycles. The predicted molar refractivity (Wildman–Crippen MR) is 424 cm³/mol. The van der Waals surface area contributed by atoms with E-state index < -0.39 is 26.5 Å². The number of hydrogen-bond acceptors (Lipinski definition) is 8. The summed E-state index contributed by atoms with van der Waals surface area (Å²) in [5.74, 6) is -0.841. The fourth-order valence-electron chi connectivity index (χ4n) is 10.7. The Morgan fingerprint density at radius 2 is 0.551 bits per heavy atom. The lowest BCUT2D eigenvalue weighted by Crippen LogP contribution is -2.37. The van der Waals surface area contributed by atoms with E-state index in [2.05, 4.69) is 184 Å². The Balaban J connectivity index is 4.00. The van der Waals surface area contributed by atoms with E-state index in [0.717, 1.165) is 135 Å². The molecule has 0 aliphatic rings. The number of likely N-dealkylation sites (N-methyl/N-ethyl adjacent to an activating group) is 1.